The molecule has 0 aliphatic carbocycles. The van der Waals surface area contributed by atoms with Crippen LogP contribution in [-0.2, 0) is 22.6 Å². The van der Waals surface area contributed by atoms with Crippen molar-refractivity contribution >= 4 is 23.0 Å². The standard InChI is InChI=1S/C19H17N3O4/c23-18(24)17(22-19(25)26-11-13-6-2-1-3-7-13)10-16-14-8-4-5-9-15(14)20-12-21-16/h1-9,12,17H,10-11H2,(H,22,25)(H,23,24). The predicted molar refractivity (Wildman–Crippen MR) is 94.4 cm³/mol. The van der Waals surface area contributed by atoms with Gasteiger partial charge in [0.1, 0.15) is 19.0 Å². The minimum absolute atomic E-state index is 0.0266. The Morgan fingerprint density at radius 3 is 2.54 bits per heavy atom. The van der Waals surface area contributed by atoms with E-state index >= 15 is 0 Å². The average Bonchev–Trinajstić information content (AvgIpc) is 2.67. The molecule has 1 atom stereocenters. The van der Waals surface area contributed by atoms with Gasteiger partial charge in [0, 0.05) is 11.8 Å². The number of benzene rings is 2. The summed E-state index contributed by atoms with van der Waals surface area (Å²) in [5, 5.41) is 12.6. The number of alkyl carbamates (subject to hydrolysis) is 1. The molecule has 1 amide bonds. The fourth-order valence-electron chi connectivity index (χ4n) is 2.52. The fraction of sp³-hybridized carbons (Fsp3) is 0.158. The second-order valence-electron chi connectivity index (χ2n) is 5.64. The van der Waals surface area contributed by atoms with Crippen molar-refractivity contribution in [3.63, 3.8) is 0 Å². The van der Waals surface area contributed by atoms with Gasteiger partial charge in [-0.25, -0.2) is 19.6 Å². The van der Waals surface area contributed by atoms with E-state index in [1.165, 1.54) is 6.33 Å². The lowest BCUT2D eigenvalue weighted by Crippen LogP contribution is -2.42. The summed E-state index contributed by atoms with van der Waals surface area (Å²) in [4.78, 5) is 31.8. The van der Waals surface area contributed by atoms with E-state index in [0.717, 1.165) is 10.9 Å². The summed E-state index contributed by atoms with van der Waals surface area (Å²) in [6.45, 7) is 0.0649. The Bertz CT molecular complexity index is 910. The van der Waals surface area contributed by atoms with Crippen LogP contribution < -0.4 is 5.32 Å². The highest BCUT2D eigenvalue weighted by Crippen LogP contribution is 2.15. The third-order valence-electron chi connectivity index (χ3n) is 3.83. The van der Waals surface area contributed by atoms with Crippen LogP contribution in [0.2, 0.25) is 0 Å². The van der Waals surface area contributed by atoms with Gasteiger partial charge in [0.25, 0.3) is 0 Å². The van der Waals surface area contributed by atoms with Crippen molar-refractivity contribution in [3.05, 3.63) is 72.2 Å². The number of amides is 1. The highest BCUT2D eigenvalue weighted by Gasteiger charge is 2.23. The van der Waals surface area contributed by atoms with Crippen molar-refractivity contribution in [2.75, 3.05) is 0 Å². The molecule has 1 unspecified atom stereocenters. The number of aliphatic carboxylic acids is 1. The van der Waals surface area contributed by atoms with Gasteiger partial charge in [-0.3, -0.25) is 0 Å². The largest absolute Gasteiger partial charge is 0.480 e. The van der Waals surface area contributed by atoms with Crippen molar-refractivity contribution in [1.82, 2.24) is 15.3 Å². The lowest BCUT2D eigenvalue weighted by atomic mass is 10.1. The summed E-state index contributed by atoms with van der Waals surface area (Å²) >= 11 is 0. The molecule has 26 heavy (non-hydrogen) atoms. The Morgan fingerprint density at radius 2 is 1.77 bits per heavy atom. The third kappa shape index (κ3) is 4.32. The lowest BCUT2D eigenvalue weighted by Gasteiger charge is -2.15. The molecule has 2 N–H and O–H groups in total. The molecule has 0 fully saturated rings. The molecule has 3 aromatic rings. The number of aromatic nitrogens is 2. The minimum Gasteiger partial charge on any atom is -0.480 e. The van der Waals surface area contributed by atoms with Gasteiger partial charge in [0.05, 0.1) is 11.2 Å². The summed E-state index contributed by atoms with van der Waals surface area (Å²) in [5.41, 5.74) is 2.08. The molecular weight excluding hydrogens is 334 g/mol. The van der Waals surface area contributed by atoms with E-state index < -0.39 is 18.1 Å². The Kier molecular flexibility index (Phi) is 5.38. The van der Waals surface area contributed by atoms with E-state index in [1.807, 2.05) is 54.6 Å². The number of rotatable bonds is 6. The topological polar surface area (TPSA) is 101 Å². The third-order valence-corrected chi connectivity index (χ3v) is 3.83. The number of hydrogen-bond donors (Lipinski definition) is 2. The number of hydrogen-bond acceptors (Lipinski definition) is 5. The number of fused-ring (bicyclic) bond motifs is 1. The normalized spacial score (nSPS) is 11.7. The molecule has 7 nitrogen and oxygen atoms in total. The quantitative estimate of drug-likeness (QED) is 0.708. The van der Waals surface area contributed by atoms with Gasteiger partial charge < -0.3 is 15.2 Å². The summed E-state index contributed by atoms with van der Waals surface area (Å²) in [6, 6.07) is 15.3. The van der Waals surface area contributed by atoms with Crippen molar-refractivity contribution in [3.8, 4) is 0 Å². The number of carboxylic acid groups (broad SMARTS) is 1. The Hall–Kier alpha value is -3.48. The number of carbonyl (C=O) groups is 2. The minimum atomic E-state index is -1.16. The SMILES string of the molecule is O=C(NC(Cc1ncnc2ccccc12)C(=O)O)OCc1ccccc1. The maximum absolute atomic E-state index is 12.0. The molecule has 7 heteroatoms. The van der Waals surface area contributed by atoms with Crippen LogP contribution in [0, 0.1) is 0 Å². The molecule has 0 saturated carbocycles. The summed E-state index contributed by atoms with van der Waals surface area (Å²) < 4.78 is 5.09. The van der Waals surface area contributed by atoms with Gasteiger partial charge in [-0.1, -0.05) is 48.5 Å². The van der Waals surface area contributed by atoms with Gasteiger partial charge in [0.15, 0.2) is 0 Å². The number of para-hydroxylation sites is 1. The lowest BCUT2D eigenvalue weighted by molar-refractivity contribution is -0.139. The monoisotopic (exact) mass is 351 g/mol. The average molecular weight is 351 g/mol. The maximum atomic E-state index is 12.0. The van der Waals surface area contributed by atoms with E-state index in [0.29, 0.717) is 11.2 Å². The van der Waals surface area contributed by atoms with Crippen molar-refractivity contribution < 1.29 is 19.4 Å². The number of carbonyl (C=O) groups excluding carboxylic acids is 1. The van der Waals surface area contributed by atoms with E-state index in [4.69, 9.17) is 4.74 Å². The predicted octanol–water partition coefficient (Wildman–Crippen LogP) is 2.55. The van der Waals surface area contributed by atoms with Crippen LogP contribution in [0.4, 0.5) is 4.79 Å². The molecule has 3 rings (SSSR count). The van der Waals surface area contributed by atoms with E-state index in [-0.39, 0.29) is 13.0 Å². The molecule has 0 aliphatic heterocycles. The Balaban J connectivity index is 1.67. The van der Waals surface area contributed by atoms with E-state index in [1.54, 1.807) is 0 Å². The van der Waals surface area contributed by atoms with Crippen LogP contribution in [-0.4, -0.2) is 33.2 Å². The fourth-order valence-corrected chi connectivity index (χ4v) is 2.52. The van der Waals surface area contributed by atoms with Gasteiger partial charge in [-0.05, 0) is 11.6 Å². The molecule has 2 aromatic carbocycles. The zero-order valence-electron chi connectivity index (χ0n) is 13.8. The summed E-state index contributed by atoms with van der Waals surface area (Å²) in [5.74, 6) is -1.16. The molecule has 1 heterocycles. The van der Waals surface area contributed by atoms with Crippen LogP contribution in [0.15, 0.2) is 60.9 Å². The first-order valence-electron chi connectivity index (χ1n) is 8.02. The van der Waals surface area contributed by atoms with Crippen molar-refractivity contribution in [2.24, 2.45) is 0 Å². The Labute approximate surface area is 149 Å². The zero-order valence-corrected chi connectivity index (χ0v) is 13.8. The molecule has 0 saturated heterocycles. The zero-order chi connectivity index (χ0) is 18.4. The Morgan fingerprint density at radius 1 is 1.04 bits per heavy atom. The van der Waals surface area contributed by atoms with Crippen LogP contribution in [0.1, 0.15) is 11.3 Å². The molecule has 0 bridgehead atoms. The summed E-state index contributed by atoms with van der Waals surface area (Å²) in [7, 11) is 0. The van der Waals surface area contributed by atoms with Gasteiger partial charge in [-0.15, -0.1) is 0 Å². The first kappa shape index (κ1) is 17.3. The van der Waals surface area contributed by atoms with Gasteiger partial charge in [0.2, 0.25) is 0 Å². The van der Waals surface area contributed by atoms with E-state index in [9.17, 15) is 14.7 Å². The number of ether oxygens (including phenoxy) is 1. The molecule has 132 valence electrons. The van der Waals surface area contributed by atoms with Crippen molar-refractivity contribution in [2.45, 2.75) is 19.1 Å². The first-order chi connectivity index (χ1) is 12.6. The van der Waals surface area contributed by atoms with Gasteiger partial charge >= 0.3 is 12.1 Å². The summed E-state index contributed by atoms with van der Waals surface area (Å²) in [6.07, 6.45) is 0.614. The maximum Gasteiger partial charge on any atom is 0.408 e. The van der Waals surface area contributed by atoms with Crippen LogP contribution in [0.25, 0.3) is 10.9 Å². The van der Waals surface area contributed by atoms with Crippen LogP contribution in [0.5, 0.6) is 0 Å². The first-order valence-corrected chi connectivity index (χ1v) is 8.02. The molecular formula is C19H17N3O4. The van der Waals surface area contributed by atoms with Crippen molar-refractivity contribution in [1.29, 1.82) is 0 Å². The van der Waals surface area contributed by atoms with Crippen LogP contribution >= 0.6 is 0 Å². The molecule has 1 aromatic heterocycles. The number of nitrogens with one attached hydrogen (secondary N) is 1. The molecule has 0 radical (unpaired) electrons. The second-order valence-corrected chi connectivity index (χ2v) is 5.64. The van der Waals surface area contributed by atoms with E-state index in [2.05, 4.69) is 15.3 Å². The number of carboxylic acids is 1. The van der Waals surface area contributed by atoms with Crippen LogP contribution in [0.3, 0.4) is 0 Å². The molecule has 0 aliphatic rings. The smallest absolute Gasteiger partial charge is 0.408 e. The van der Waals surface area contributed by atoms with Gasteiger partial charge in [-0.2, -0.15) is 0 Å². The highest BCUT2D eigenvalue weighted by molar-refractivity contribution is 5.83. The highest BCUT2D eigenvalue weighted by atomic mass is 16.5. The molecule has 0 spiro atoms. The second kappa shape index (κ2) is 8.06. The number of nitrogens with zero attached hydrogens (tertiary/aromatic N) is 2.